The first-order chi connectivity index (χ1) is 13.6. The maximum Gasteiger partial charge on any atom is 0.188 e. The largest absolute Gasteiger partial charge is 0.289 e. The topological polar surface area (TPSA) is 32.7 Å². The van der Waals surface area contributed by atoms with Crippen molar-refractivity contribution in [3.8, 4) is 0 Å². The Morgan fingerprint density at radius 1 is 0.929 bits per heavy atom. The molecule has 0 atom stereocenters. The van der Waals surface area contributed by atoms with Gasteiger partial charge in [-0.15, -0.1) is 0 Å². The van der Waals surface area contributed by atoms with E-state index in [2.05, 4.69) is 31.9 Å². The number of rotatable bonds is 4. The van der Waals surface area contributed by atoms with Crippen molar-refractivity contribution in [2.24, 2.45) is 5.10 Å². The van der Waals surface area contributed by atoms with Crippen LogP contribution in [0.5, 0.6) is 0 Å². The van der Waals surface area contributed by atoms with E-state index >= 15 is 0 Å². The van der Waals surface area contributed by atoms with Gasteiger partial charge in [-0.2, -0.15) is 5.10 Å². The number of hydrogen-bond donors (Lipinski definition) is 0. The first-order valence-electron chi connectivity index (χ1n) is 8.50. The van der Waals surface area contributed by atoms with E-state index in [-0.39, 0.29) is 5.78 Å². The average Bonchev–Trinajstić information content (AvgIpc) is 3.13. The van der Waals surface area contributed by atoms with E-state index < -0.39 is 0 Å². The van der Waals surface area contributed by atoms with E-state index in [9.17, 15) is 4.79 Å². The highest BCUT2D eigenvalue weighted by Gasteiger charge is 2.26. The SMILES string of the molecule is O=C(C=C1SC(c2ccccc2)=NN1c1ccc(Br)cc1Br)c1ccccc1. The summed E-state index contributed by atoms with van der Waals surface area (Å²) in [5.74, 6) is -0.0501. The van der Waals surface area contributed by atoms with Crippen LogP contribution in [-0.2, 0) is 0 Å². The average molecular weight is 514 g/mol. The van der Waals surface area contributed by atoms with Crippen LogP contribution < -0.4 is 5.01 Å². The fourth-order valence-corrected chi connectivity index (χ4v) is 4.90. The minimum Gasteiger partial charge on any atom is -0.289 e. The lowest BCUT2D eigenvalue weighted by Crippen LogP contribution is -2.11. The van der Waals surface area contributed by atoms with Gasteiger partial charge >= 0.3 is 0 Å². The highest BCUT2D eigenvalue weighted by Crippen LogP contribution is 2.40. The van der Waals surface area contributed by atoms with Crippen molar-refractivity contribution in [1.29, 1.82) is 0 Å². The second-order valence-corrected chi connectivity index (χ2v) is 8.77. The Labute approximate surface area is 184 Å². The van der Waals surface area contributed by atoms with Crippen molar-refractivity contribution in [2.45, 2.75) is 0 Å². The van der Waals surface area contributed by atoms with Crippen LogP contribution in [-0.4, -0.2) is 10.8 Å². The molecule has 0 spiro atoms. The van der Waals surface area contributed by atoms with E-state index in [0.29, 0.717) is 5.56 Å². The van der Waals surface area contributed by atoms with Crippen LogP contribution in [0.1, 0.15) is 15.9 Å². The smallest absolute Gasteiger partial charge is 0.188 e. The second-order valence-electron chi connectivity index (χ2n) is 5.99. The number of carbonyl (C=O) groups excluding carboxylic acids is 1. The molecule has 1 aliphatic rings. The molecule has 0 aromatic heterocycles. The summed E-state index contributed by atoms with van der Waals surface area (Å²) in [6, 6.07) is 25.1. The summed E-state index contributed by atoms with van der Waals surface area (Å²) in [4.78, 5) is 12.8. The Morgan fingerprint density at radius 3 is 2.29 bits per heavy atom. The third-order valence-electron chi connectivity index (χ3n) is 4.07. The summed E-state index contributed by atoms with van der Waals surface area (Å²) in [6.07, 6.45) is 1.65. The highest BCUT2D eigenvalue weighted by molar-refractivity contribution is 9.11. The Hall–Kier alpha value is -2.15. The molecule has 0 unspecified atom stereocenters. The van der Waals surface area contributed by atoms with E-state index in [4.69, 9.17) is 5.10 Å². The molecular weight excluding hydrogens is 500 g/mol. The predicted octanol–water partition coefficient (Wildman–Crippen LogP) is 6.85. The van der Waals surface area contributed by atoms with Gasteiger partial charge in [0.05, 0.1) is 5.69 Å². The van der Waals surface area contributed by atoms with Gasteiger partial charge in [0.2, 0.25) is 0 Å². The van der Waals surface area contributed by atoms with Crippen molar-refractivity contribution in [1.82, 2.24) is 0 Å². The number of thioether (sulfide) groups is 1. The van der Waals surface area contributed by atoms with Crippen LogP contribution in [0.15, 0.2) is 104 Å². The molecule has 1 heterocycles. The summed E-state index contributed by atoms with van der Waals surface area (Å²) in [6.45, 7) is 0. The van der Waals surface area contributed by atoms with E-state index in [1.54, 1.807) is 6.08 Å². The van der Waals surface area contributed by atoms with Crippen LogP contribution in [0.2, 0.25) is 0 Å². The minimum absolute atomic E-state index is 0.0501. The van der Waals surface area contributed by atoms with Crippen molar-refractivity contribution >= 4 is 60.1 Å². The Bertz CT molecular complexity index is 1080. The molecule has 0 fully saturated rings. The van der Waals surface area contributed by atoms with Crippen LogP contribution in [0.4, 0.5) is 5.69 Å². The van der Waals surface area contributed by atoms with Crippen LogP contribution in [0.25, 0.3) is 0 Å². The van der Waals surface area contributed by atoms with E-state index in [0.717, 1.165) is 30.3 Å². The summed E-state index contributed by atoms with van der Waals surface area (Å²) in [5, 5.41) is 8.21. The number of carbonyl (C=O) groups is 1. The molecule has 0 aliphatic carbocycles. The molecule has 28 heavy (non-hydrogen) atoms. The zero-order chi connectivity index (χ0) is 19.5. The second kappa shape index (κ2) is 8.47. The van der Waals surface area contributed by atoms with E-state index in [1.807, 2.05) is 83.9 Å². The standard InChI is InChI=1S/C22H14Br2N2OS/c23-17-11-12-19(18(24)13-17)26-21(14-20(27)15-7-3-1-4-8-15)28-22(25-26)16-9-5-2-6-10-16/h1-14H. The molecule has 4 rings (SSSR count). The first kappa shape index (κ1) is 19.2. The molecule has 0 saturated carbocycles. The van der Waals surface area contributed by atoms with Gasteiger partial charge in [-0.3, -0.25) is 4.79 Å². The van der Waals surface area contributed by atoms with Crippen LogP contribution >= 0.6 is 43.6 Å². The fraction of sp³-hybridized carbons (Fsp3) is 0. The third-order valence-corrected chi connectivity index (χ3v) is 6.21. The van der Waals surface area contributed by atoms with Gasteiger partial charge in [0.1, 0.15) is 10.1 Å². The van der Waals surface area contributed by atoms with Gasteiger partial charge in [0, 0.05) is 26.1 Å². The van der Waals surface area contributed by atoms with E-state index in [1.165, 1.54) is 11.8 Å². The van der Waals surface area contributed by atoms with Crippen LogP contribution in [0.3, 0.4) is 0 Å². The number of hydrogen-bond acceptors (Lipinski definition) is 4. The molecule has 0 saturated heterocycles. The highest BCUT2D eigenvalue weighted by atomic mass is 79.9. The molecular formula is C22H14Br2N2OS. The number of benzene rings is 3. The predicted molar refractivity (Wildman–Crippen MR) is 124 cm³/mol. The number of ketones is 1. The zero-order valence-corrected chi connectivity index (χ0v) is 18.5. The van der Waals surface area contributed by atoms with Crippen molar-refractivity contribution in [2.75, 3.05) is 5.01 Å². The zero-order valence-electron chi connectivity index (χ0n) is 14.5. The number of nitrogens with zero attached hydrogens (tertiary/aromatic N) is 2. The summed E-state index contributed by atoms with van der Waals surface area (Å²) >= 11 is 8.58. The Balaban J connectivity index is 1.76. The molecule has 0 radical (unpaired) electrons. The number of halogens is 2. The van der Waals surface area contributed by atoms with Crippen molar-refractivity contribution < 1.29 is 4.79 Å². The molecule has 138 valence electrons. The summed E-state index contributed by atoms with van der Waals surface area (Å²) in [7, 11) is 0. The lowest BCUT2D eigenvalue weighted by molar-refractivity contribution is 0.104. The monoisotopic (exact) mass is 512 g/mol. The maximum absolute atomic E-state index is 12.8. The van der Waals surface area contributed by atoms with Gasteiger partial charge < -0.3 is 0 Å². The number of allylic oxidation sites excluding steroid dienone is 1. The first-order valence-corrected chi connectivity index (χ1v) is 10.9. The van der Waals surface area contributed by atoms with Gasteiger partial charge in [-0.1, -0.05) is 76.6 Å². The minimum atomic E-state index is -0.0501. The lowest BCUT2D eigenvalue weighted by Gasteiger charge is -2.17. The molecule has 3 nitrogen and oxygen atoms in total. The molecule has 0 N–H and O–H groups in total. The molecule has 3 aromatic rings. The molecule has 3 aromatic carbocycles. The van der Waals surface area contributed by atoms with Gasteiger partial charge in [-0.25, -0.2) is 5.01 Å². The fourth-order valence-electron chi connectivity index (χ4n) is 2.71. The summed E-state index contributed by atoms with van der Waals surface area (Å²) in [5.41, 5.74) is 2.54. The van der Waals surface area contributed by atoms with Crippen LogP contribution in [0, 0.1) is 0 Å². The molecule has 1 aliphatic heterocycles. The van der Waals surface area contributed by atoms with Gasteiger partial charge in [0.15, 0.2) is 5.78 Å². The molecule has 6 heteroatoms. The molecule has 0 amide bonds. The molecule has 0 bridgehead atoms. The Morgan fingerprint density at radius 2 is 1.61 bits per heavy atom. The quantitative estimate of drug-likeness (QED) is 0.282. The van der Waals surface area contributed by atoms with Gasteiger partial charge in [-0.05, 0) is 45.9 Å². The number of anilines is 1. The normalized spacial score (nSPS) is 15.0. The number of hydrazone groups is 1. The van der Waals surface area contributed by atoms with Crippen molar-refractivity contribution in [3.05, 3.63) is 110 Å². The maximum atomic E-state index is 12.8. The summed E-state index contributed by atoms with van der Waals surface area (Å²) < 4.78 is 1.85. The van der Waals surface area contributed by atoms with Gasteiger partial charge in [0.25, 0.3) is 0 Å². The Kier molecular flexibility index (Phi) is 5.80. The van der Waals surface area contributed by atoms with Crippen molar-refractivity contribution in [3.63, 3.8) is 0 Å². The third kappa shape index (κ3) is 4.14. The lowest BCUT2D eigenvalue weighted by atomic mass is 10.1.